The number of nitrogens with one attached hydrogen (secondary N) is 2. The van der Waals surface area contributed by atoms with Crippen LogP contribution in [-0.2, 0) is 6.42 Å². The van der Waals surface area contributed by atoms with Crippen molar-refractivity contribution in [2.24, 2.45) is 0 Å². The molecule has 9 nitrogen and oxygen atoms in total. The zero-order valence-corrected chi connectivity index (χ0v) is 19.9. The quantitative estimate of drug-likeness (QED) is 0.266. The standard InChI is InChI=1S/C25H17F5N6O3/c1-38-16-8-17(27)21(18(28)9-16)36-11-14(7-20-33-19-6-13(26)10-31-22(19)34-20)32-25(36)35-23(37)12-2-4-15(5-3-12)39-24(29)30/h2-6,8-11,24H,7H2,1H3,(H,31,33,34)(H,32,35,37). The summed E-state index contributed by atoms with van der Waals surface area (Å²) in [7, 11) is 1.25. The largest absolute Gasteiger partial charge is 0.497 e. The molecule has 0 radical (unpaired) electrons. The van der Waals surface area contributed by atoms with E-state index >= 15 is 0 Å². The Bertz CT molecular complexity index is 1650. The highest BCUT2D eigenvalue weighted by molar-refractivity contribution is 6.03. The van der Waals surface area contributed by atoms with Gasteiger partial charge in [-0.05, 0) is 24.3 Å². The molecule has 0 aliphatic rings. The third-order valence-electron chi connectivity index (χ3n) is 5.49. The van der Waals surface area contributed by atoms with E-state index in [4.69, 9.17) is 4.74 Å². The Morgan fingerprint density at radius 2 is 1.77 bits per heavy atom. The van der Waals surface area contributed by atoms with Gasteiger partial charge < -0.3 is 14.5 Å². The fraction of sp³-hybridized carbons (Fsp3) is 0.120. The molecule has 0 spiro atoms. The first kappa shape index (κ1) is 25.6. The summed E-state index contributed by atoms with van der Waals surface area (Å²) in [5.74, 6) is -3.44. The predicted molar refractivity (Wildman–Crippen MR) is 128 cm³/mol. The lowest BCUT2D eigenvalue weighted by molar-refractivity contribution is -0.0498. The van der Waals surface area contributed by atoms with E-state index in [0.717, 1.165) is 22.9 Å². The molecule has 0 fully saturated rings. The summed E-state index contributed by atoms with van der Waals surface area (Å²) in [6, 6.07) is 7.94. The molecule has 2 N–H and O–H groups in total. The van der Waals surface area contributed by atoms with Crippen LogP contribution in [0.3, 0.4) is 0 Å². The summed E-state index contributed by atoms with van der Waals surface area (Å²) in [4.78, 5) is 28.2. The van der Waals surface area contributed by atoms with Crippen molar-refractivity contribution in [1.82, 2.24) is 24.5 Å². The normalized spacial score (nSPS) is 11.3. The SMILES string of the molecule is COc1cc(F)c(-n2cc(Cc3nc4ncc(F)cc4[nH]3)nc2NC(=O)c2ccc(OC(F)F)cc2)c(F)c1. The number of anilines is 1. The number of carbonyl (C=O) groups excluding carboxylic acids is 1. The number of hydrogen-bond acceptors (Lipinski definition) is 6. The Hall–Kier alpha value is -5.01. The van der Waals surface area contributed by atoms with E-state index in [-0.39, 0.29) is 40.8 Å². The number of halogens is 5. The second-order valence-corrected chi connectivity index (χ2v) is 8.11. The monoisotopic (exact) mass is 544 g/mol. The van der Waals surface area contributed by atoms with Crippen molar-refractivity contribution in [3.63, 3.8) is 0 Å². The average Bonchev–Trinajstić information content (AvgIpc) is 3.46. The van der Waals surface area contributed by atoms with Gasteiger partial charge in [-0.15, -0.1) is 0 Å². The average molecular weight is 544 g/mol. The van der Waals surface area contributed by atoms with E-state index in [2.05, 4.69) is 30.0 Å². The highest BCUT2D eigenvalue weighted by atomic mass is 19.3. The van der Waals surface area contributed by atoms with Gasteiger partial charge in [0.2, 0.25) is 5.95 Å². The molecule has 200 valence electrons. The number of methoxy groups -OCH3 is 1. The second-order valence-electron chi connectivity index (χ2n) is 8.11. The van der Waals surface area contributed by atoms with Crippen LogP contribution >= 0.6 is 0 Å². The molecule has 0 unspecified atom stereocenters. The number of pyridine rings is 1. The minimum Gasteiger partial charge on any atom is -0.497 e. The Labute approximate surface area is 216 Å². The third-order valence-corrected chi connectivity index (χ3v) is 5.49. The number of nitrogens with zero attached hydrogens (tertiary/aromatic N) is 4. The molecule has 0 saturated heterocycles. The van der Waals surface area contributed by atoms with E-state index in [1.807, 2.05) is 0 Å². The molecule has 5 aromatic rings. The zero-order valence-electron chi connectivity index (χ0n) is 19.9. The molecule has 3 aromatic heterocycles. The number of alkyl halides is 2. The molecule has 0 bridgehead atoms. The maximum Gasteiger partial charge on any atom is 0.387 e. The van der Waals surface area contributed by atoms with E-state index in [0.29, 0.717) is 11.3 Å². The van der Waals surface area contributed by atoms with Crippen molar-refractivity contribution in [2.45, 2.75) is 13.0 Å². The molecule has 39 heavy (non-hydrogen) atoms. The van der Waals surface area contributed by atoms with Gasteiger partial charge in [0.25, 0.3) is 5.91 Å². The topological polar surface area (TPSA) is 107 Å². The Morgan fingerprint density at radius 3 is 2.44 bits per heavy atom. The van der Waals surface area contributed by atoms with Gasteiger partial charge in [-0.3, -0.25) is 14.7 Å². The van der Waals surface area contributed by atoms with Crippen LogP contribution in [0.1, 0.15) is 21.9 Å². The Balaban J connectivity index is 1.50. The lowest BCUT2D eigenvalue weighted by Crippen LogP contribution is -2.16. The van der Waals surface area contributed by atoms with Crippen LogP contribution < -0.4 is 14.8 Å². The minimum absolute atomic E-state index is 0.00685. The summed E-state index contributed by atoms with van der Waals surface area (Å²) in [6.07, 6.45) is 2.31. The number of H-pyrrole nitrogens is 1. The molecule has 0 atom stereocenters. The number of aromatic nitrogens is 5. The fourth-order valence-electron chi connectivity index (χ4n) is 3.80. The number of amides is 1. The van der Waals surface area contributed by atoms with Crippen LogP contribution in [0.2, 0.25) is 0 Å². The number of ether oxygens (including phenoxy) is 2. The van der Waals surface area contributed by atoms with Crippen LogP contribution in [-0.4, -0.2) is 44.1 Å². The Morgan fingerprint density at radius 1 is 1.05 bits per heavy atom. The predicted octanol–water partition coefficient (Wildman–Crippen LogP) is 5.01. The lowest BCUT2D eigenvalue weighted by atomic mass is 10.2. The van der Waals surface area contributed by atoms with Crippen molar-refractivity contribution < 1.29 is 36.2 Å². The van der Waals surface area contributed by atoms with Gasteiger partial charge in [0, 0.05) is 36.4 Å². The molecule has 0 aliphatic carbocycles. The second kappa shape index (κ2) is 10.4. The number of imidazole rings is 2. The van der Waals surface area contributed by atoms with Crippen molar-refractivity contribution >= 4 is 23.0 Å². The molecule has 0 aliphatic heterocycles. The molecular formula is C25H17F5N6O3. The van der Waals surface area contributed by atoms with E-state index in [9.17, 15) is 26.7 Å². The number of carbonyl (C=O) groups is 1. The minimum atomic E-state index is -3.04. The molecule has 14 heteroatoms. The number of fused-ring (bicyclic) bond motifs is 1. The van der Waals surface area contributed by atoms with Crippen molar-refractivity contribution in [3.05, 3.63) is 89.4 Å². The first-order valence-corrected chi connectivity index (χ1v) is 11.2. The van der Waals surface area contributed by atoms with Crippen molar-refractivity contribution in [1.29, 1.82) is 0 Å². The van der Waals surface area contributed by atoms with Crippen LogP contribution in [0.5, 0.6) is 11.5 Å². The van der Waals surface area contributed by atoms with Crippen LogP contribution in [0.15, 0.2) is 54.9 Å². The van der Waals surface area contributed by atoms with E-state index in [1.165, 1.54) is 43.6 Å². The number of rotatable bonds is 8. The summed E-state index contributed by atoms with van der Waals surface area (Å²) < 4.78 is 78.4. The van der Waals surface area contributed by atoms with Gasteiger partial charge >= 0.3 is 6.61 Å². The van der Waals surface area contributed by atoms with Gasteiger partial charge in [-0.25, -0.2) is 28.1 Å². The fourth-order valence-corrected chi connectivity index (χ4v) is 3.80. The molecular weight excluding hydrogens is 527 g/mol. The van der Waals surface area contributed by atoms with Gasteiger partial charge in [-0.2, -0.15) is 8.78 Å². The summed E-state index contributed by atoms with van der Waals surface area (Å²) >= 11 is 0. The number of benzene rings is 2. The smallest absolute Gasteiger partial charge is 0.387 e. The Kier molecular flexibility index (Phi) is 6.83. The lowest BCUT2D eigenvalue weighted by Gasteiger charge is -2.12. The maximum absolute atomic E-state index is 15.0. The number of aromatic amines is 1. The summed E-state index contributed by atoms with van der Waals surface area (Å²) in [5, 5.41) is 2.48. The molecule has 1 amide bonds. The number of hydrogen-bond donors (Lipinski definition) is 2. The van der Waals surface area contributed by atoms with Gasteiger partial charge in [0.1, 0.15) is 28.8 Å². The molecule has 3 heterocycles. The maximum atomic E-state index is 15.0. The van der Waals surface area contributed by atoms with Gasteiger partial charge in [0.15, 0.2) is 17.3 Å². The van der Waals surface area contributed by atoms with Gasteiger partial charge in [0.05, 0.1) is 24.5 Å². The zero-order chi connectivity index (χ0) is 27.7. The molecule has 5 rings (SSSR count). The van der Waals surface area contributed by atoms with Crippen molar-refractivity contribution in [2.75, 3.05) is 12.4 Å². The van der Waals surface area contributed by atoms with Crippen LogP contribution in [0, 0.1) is 17.5 Å². The summed E-state index contributed by atoms with van der Waals surface area (Å²) in [5.41, 5.74) is 0.322. The van der Waals surface area contributed by atoms with Crippen LogP contribution in [0.4, 0.5) is 27.9 Å². The van der Waals surface area contributed by atoms with E-state index < -0.39 is 35.7 Å². The molecule has 2 aromatic carbocycles. The highest BCUT2D eigenvalue weighted by Crippen LogP contribution is 2.28. The molecule has 0 saturated carbocycles. The third kappa shape index (κ3) is 5.49. The van der Waals surface area contributed by atoms with Crippen molar-refractivity contribution in [3.8, 4) is 17.2 Å². The first-order valence-electron chi connectivity index (χ1n) is 11.2. The highest BCUT2D eigenvalue weighted by Gasteiger charge is 2.21. The van der Waals surface area contributed by atoms with Crippen LogP contribution in [0.25, 0.3) is 16.9 Å². The first-order chi connectivity index (χ1) is 18.7. The van der Waals surface area contributed by atoms with E-state index in [1.54, 1.807) is 0 Å². The van der Waals surface area contributed by atoms with Gasteiger partial charge in [-0.1, -0.05) is 0 Å². The summed E-state index contributed by atoms with van der Waals surface area (Å²) in [6.45, 7) is -3.04.